The molecule has 0 amide bonds. The first-order valence-corrected chi connectivity index (χ1v) is 10.9. The van der Waals surface area contributed by atoms with Crippen LogP contribution in [-0.4, -0.2) is 29.7 Å². The molecule has 0 radical (unpaired) electrons. The van der Waals surface area contributed by atoms with Crippen LogP contribution in [-0.2, 0) is 7.05 Å². The highest BCUT2D eigenvalue weighted by Gasteiger charge is 2.16. The van der Waals surface area contributed by atoms with Crippen molar-refractivity contribution in [2.45, 2.75) is 13.8 Å². The molecule has 152 valence electrons. The summed E-state index contributed by atoms with van der Waals surface area (Å²) in [6.07, 6.45) is 1.86. The fourth-order valence-electron chi connectivity index (χ4n) is 4.05. The quantitative estimate of drug-likeness (QED) is 0.374. The normalized spacial score (nSPS) is 11.7. The van der Waals surface area contributed by atoms with Crippen molar-refractivity contribution in [3.05, 3.63) is 65.4 Å². The Kier molecular flexibility index (Phi) is 3.88. The summed E-state index contributed by atoms with van der Waals surface area (Å²) in [7, 11) is 2.01. The van der Waals surface area contributed by atoms with Crippen molar-refractivity contribution in [3.8, 4) is 33.2 Å². The monoisotopic (exact) mass is 424 g/mol. The van der Waals surface area contributed by atoms with Gasteiger partial charge in [0.2, 0.25) is 0 Å². The molecule has 5 heterocycles. The summed E-state index contributed by atoms with van der Waals surface area (Å²) < 4.78 is 2.05. The van der Waals surface area contributed by atoms with E-state index in [-0.39, 0.29) is 0 Å². The third kappa shape index (κ3) is 2.81. The van der Waals surface area contributed by atoms with Gasteiger partial charge in [0.05, 0.1) is 28.8 Å². The highest BCUT2D eigenvalue weighted by atomic mass is 32.1. The zero-order valence-corrected chi connectivity index (χ0v) is 18.2. The standard InChI is InChI=1S/C24H20N6S/c1-13-7-10-22(31-13)15-5-4-6-17-16(15)11-20(26-17)24-23-19(28-29-24)9-8-18(27-23)21-12-25-14(2)30(21)3/h4-12,26H,1-3H3,(H,28,29). The fraction of sp³-hybridized carbons (Fsp3) is 0.125. The van der Waals surface area contributed by atoms with E-state index < -0.39 is 0 Å². The molecule has 0 saturated heterocycles. The van der Waals surface area contributed by atoms with Crippen molar-refractivity contribution < 1.29 is 0 Å². The Labute approximate surface area is 182 Å². The topological polar surface area (TPSA) is 75.2 Å². The number of aromatic nitrogens is 6. The van der Waals surface area contributed by atoms with Crippen LogP contribution in [0.5, 0.6) is 0 Å². The Morgan fingerprint density at radius 3 is 2.68 bits per heavy atom. The van der Waals surface area contributed by atoms with E-state index >= 15 is 0 Å². The summed E-state index contributed by atoms with van der Waals surface area (Å²) >= 11 is 1.81. The zero-order valence-electron chi connectivity index (χ0n) is 17.4. The first kappa shape index (κ1) is 18.1. The molecule has 0 aliphatic rings. The summed E-state index contributed by atoms with van der Waals surface area (Å²) in [4.78, 5) is 15.5. The highest BCUT2D eigenvalue weighted by molar-refractivity contribution is 7.15. The van der Waals surface area contributed by atoms with Gasteiger partial charge in [0.1, 0.15) is 17.0 Å². The van der Waals surface area contributed by atoms with E-state index in [9.17, 15) is 0 Å². The van der Waals surface area contributed by atoms with Crippen LogP contribution in [0.15, 0.2) is 54.7 Å². The number of hydrogen-bond acceptors (Lipinski definition) is 4. The Hall–Kier alpha value is -3.71. The molecule has 6 rings (SSSR count). The van der Waals surface area contributed by atoms with E-state index in [1.165, 1.54) is 20.7 Å². The molecule has 0 bridgehead atoms. The van der Waals surface area contributed by atoms with E-state index in [2.05, 4.69) is 63.5 Å². The Balaban J connectivity index is 1.52. The van der Waals surface area contributed by atoms with Gasteiger partial charge < -0.3 is 9.55 Å². The highest BCUT2D eigenvalue weighted by Crippen LogP contribution is 2.36. The third-order valence-corrected chi connectivity index (χ3v) is 6.85. The number of hydrogen-bond donors (Lipinski definition) is 2. The Morgan fingerprint density at radius 1 is 1.00 bits per heavy atom. The van der Waals surface area contributed by atoms with Gasteiger partial charge in [0.15, 0.2) is 0 Å². The van der Waals surface area contributed by atoms with Crippen molar-refractivity contribution in [2.24, 2.45) is 7.05 Å². The van der Waals surface area contributed by atoms with Gasteiger partial charge in [-0.2, -0.15) is 5.10 Å². The van der Waals surface area contributed by atoms with Gasteiger partial charge in [-0.3, -0.25) is 5.10 Å². The molecule has 0 spiro atoms. The summed E-state index contributed by atoms with van der Waals surface area (Å²) in [6, 6.07) is 16.9. The lowest BCUT2D eigenvalue weighted by molar-refractivity contribution is 0.862. The number of aryl methyl sites for hydroxylation is 2. The lowest BCUT2D eigenvalue weighted by atomic mass is 10.1. The van der Waals surface area contributed by atoms with Crippen molar-refractivity contribution in [2.75, 3.05) is 0 Å². The number of fused-ring (bicyclic) bond motifs is 2. The number of rotatable bonds is 3. The summed E-state index contributed by atoms with van der Waals surface area (Å²) in [5, 5.41) is 8.91. The lowest BCUT2D eigenvalue weighted by Gasteiger charge is -2.03. The Morgan fingerprint density at radius 2 is 1.90 bits per heavy atom. The number of benzene rings is 1. The molecule has 31 heavy (non-hydrogen) atoms. The van der Waals surface area contributed by atoms with Crippen LogP contribution in [0.25, 0.3) is 55.2 Å². The summed E-state index contributed by atoms with van der Waals surface area (Å²) in [6.45, 7) is 4.13. The van der Waals surface area contributed by atoms with Crippen LogP contribution in [0.2, 0.25) is 0 Å². The van der Waals surface area contributed by atoms with Gasteiger partial charge >= 0.3 is 0 Å². The Bertz CT molecular complexity index is 1580. The van der Waals surface area contributed by atoms with Gasteiger partial charge in [-0.25, -0.2) is 9.97 Å². The molecule has 2 N–H and O–H groups in total. The SMILES string of the molecule is Cc1ccc(-c2cccc3[nH]c(-c4n[nH]c5ccc(-c6cnc(C)n6C)nc45)cc23)s1. The fourth-order valence-corrected chi connectivity index (χ4v) is 4.95. The molecule has 0 aliphatic carbocycles. The lowest BCUT2D eigenvalue weighted by Crippen LogP contribution is -1.96. The zero-order chi connectivity index (χ0) is 21.1. The second-order valence-electron chi connectivity index (χ2n) is 7.77. The molecular formula is C24H20N6S. The van der Waals surface area contributed by atoms with Crippen LogP contribution in [0.3, 0.4) is 0 Å². The molecule has 7 heteroatoms. The first-order valence-electron chi connectivity index (χ1n) is 10.1. The summed E-state index contributed by atoms with van der Waals surface area (Å²) in [5.74, 6) is 0.955. The number of aromatic amines is 2. The predicted octanol–water partition coefficient (Wildman–Crippen LogP) is 5.85. The number of pyridine rings is 1. The largest absolute Gasteiger partial charge is 0.353 e. The van der Waals surface area contributed by atoms with Crippen molar-refractivity contribution >= 4 is 33.3 Å². The van der Waals surface area contributed by atoms with Gasteiger partial charge in [-0.15, -0.1) is 11.3 Å². The number of H-pyrrole nitrogens is 2. The third-order valence-electron chi connectivity index (χ3n) is 5.82. The average molecular weight is 425 g/mol. The van der Waals surface area contributed by atoms with Gasteiger partial charge in [0, 0.05) is 33.3 Å². The van der Waals surface area contributed by atoms with Crippen molar-refractivity contribution in [1.29, 1.82) is 0 Å². The van der Waals surface area contributed by atoms with E-state index in [4.69, 9.17) is 4.98 Å². The number of imidazole rings is 1. The van der Waals surface area contributed by atoms with Gasteiger partial charge in [0.25, 0.3) is 0 Å². The minimum absolute atomic E-state index is 0.820. The molecule has 0 fully saturated rings. The van der Waals surface area contributed by atoms with E-state index in [0.29, 0.717) is 0 Å². The van der Waals surface area contributed by atoms with E-state index in [0.717, 1.165) is 45.2 Å². The van der Waals surface area contributed by atoms with Crippen LogP contribution >= 0.6 is 11.3 Å². The van der Waals surface area contributed by atoms with Crippen LogP contribution < -0.4 is 0 Å². The smallest absolute Gasteiger partial charge is 0.135 e. The maximum atomic E-state index is 4.94. The second kappa shape index (κ2) is 6.65. The molecule has 1 aromatic carbocycles. The van der Waals surface area contributed by atoms with E-state index in [1.54, 1.807) is 0 Å². The van der Waals surface area contributed by atoms with E-state index in [1.807, 2.05) is 48.2 Å². The number of nitrogens with one attached hydrogen (secondary N) is 2. The van der Waals surface area contributed by atoms with Crippen LogP contribution in [0, 0.1) is 13.8 Å². The predicted molar refractivity (Wildman–Crippen MR) is 126 cm³/mol. The molecule has 0 saturated carbocycles. The number of thiophene rings is 1. The molecule has 5 aromatic heterocycles. The maximum absolute atomic E-state index is 4.94. The second-order valence-corrected chi connectivity index (χ2v) is 9.06. The molecule has 0 aliphatic heterocycles. The molecule has 6 nitrogen and oxygen atoms in total. The van der Waals surface area contributed by atoms with Crippen molar-refractivity contribution in [1.82, 2.24) is 29.7 Å². The molecule has 0 atom stereocenters. The van der Waals surface area contributed by atoms with Crippen LogP contribution in [0.4, 0.5) is 0 Å². The minimum Gasteiger partial charge on any atom is -0.353 e. The van der Waals surface area contributed by atoms with Crippen molar-refractivity contribution in [3.63, 3.8) is 0 Å². The molecule has 0 unspecified atom stereocenters. The first-order chi connectivity index (χ1) is 15.1. The van der Waals surface area contributed by atoms with Gasteiger partial charge in [-0.05, 0) is 50.2 Å². The average Bonchev–Trinajstić information content (AvgIpc) is 3.54. The van der Waals surface area contributed by atoms with Crippen LogP contribution in [0.1, 0.15) is 10.7 Å². The minimum atomic E-state index is 0.820. The molecule has 6 aromatic rings. The molecular weight excluding hydrogens is 404 g/mol. The maximum Gasteiger partial charge on any atom is 0.135 e. The number of nitrogens with zero attached hydrogens (tertiary/aromatic N) is 4. The summed E-state index contributed by atoms with van der Waals surface area (Å²) in [5.41, 5.74) is 7.71. The van der Waals surface area contributed by atoms with Gasteiger partial charge in [-0.1, -0.05) is 12.1 Å².